The van der Waals surface area contributed by atoms with E-state index in [2.05, 4.69) is 28.1 Å². The minimum atomic E-state index is 0.426. The van der Waals surface area contributed by atoms with Gasteiger partial charge in [0.1, 0.15) is 0 Å². The van der Waals surface area contributed by atoms with Gasteiger partial charge in [0, 0.05) is 4.88 Å². The van der Waals surface area contributed by atoms with E-state index >= 15 is 0 Å². The Morgan fingerprint density at radius 3 is 2.42 bits per heavy atom. The molecule has 2 nitrogen and oxygen atoms in total. The van der Waals surface area contributed by atoms with Crippen LogP contribution in [-0.4, -0.2) is 13.1 Å². The highest BCUT2D eigenvalue weighted by Crippen LogP contribution is 2.23. The third-order valence-corrected chi connectivity index (χ3v) is 3.43. The normalized spacial score (nSPS) is 11.0. The van der Waals surface area contributed by atoms with Crippen LogP contribution in [-0.2, 0) is 6.42 Å². The van der Waals surface area contributed by atoms with Crippen LogP contribution in [0.1, 0.15) is 4.88 Å². The number of hydrogen-bond acceptors (Lipinski definition) is 3. The second kappa shape index (κ2) is 4.97. The molecule has 0 saturated carbocycles. The Morgan fingerprint density at radius 2 is 2.00 bits per heavy atom. The first-order valence-electron chi connectivity index (χ1n) is 3.90. The quantitative estimate of drug-likeness (QED) is 0.851. The van der Waals surface area contributed by atoms with Gasteiger partial charge in [0.15, 0.2) is 0 Å². The van der Waals surface area contributed by atoms with Gasteiger partial charge in [0.05, 0.1) is 3.79 Å². The van der Waals surface area contributed by atoms with Crippen molar-refractivity contribution in [2.24, 2.45) is 17.4 Å². The summed E-state index contributed by atoms with van der Waals surface area (Å²) in [5.74, 6) is 0.426. The molecule has 0 aliphatic rings. The minimum absolute atomic E-state index is 0.426. The van der Waals surface area contributed by atoms with E-state index < -0.39 is 0 Å². The van der Waals surface area contributed by atoms with Gasteiger partial charge < -0.3 is 11.5 Å². The zero-order chi connectivity index (χ0) is 8.97. The predicted octanol–water partition coefficient (Wildman–Crippen LogP) is 1.59. The summed E-state index contributed by atoms with van der Waals surface area (Å²) in [6.07, 6.45) is 1.00. The summed E-state index contributed by atoms with van der Waals surface area (Å²) in [7, 11) is 0. The van der Waals surface area contributed by atoms with Gasteiger partial charge in [-0.2, -0.15) is 0 Å². The molecule has 1 aromatic rings. The lowest BCUT2D eigenvalue weighted by atomic mass is 10.1. The van der Waals surface area contributed by atoms with E-state index in [4.69, 9.17) is 11.5 Å². The molecule has 1 aromatic heterocycles. The van der Waals surface area contributed by atoms with Crippen LogP contribution >= 0.6 is 27.3 Å². The summed E-state index contributed by atoms with van der Waals surface area (Å²) in [5, 5.41) is 0. The Bertz CT molecular complexity index is 233. The van der Waals surface area contributed by atoms with E-state index in [-0.39, 0.29) is 0 Å². The summed E-state index contributed by atoms with van der Waals surface area (Å²) in [6.45, 7) is 1.35. The Morgan fingerprint density at radius 1 is 1.33 bits per heavy atom. The molecule has 12 heavy (non-hydrogen) atoms. The summed E-state index contributed by atoms with van der Waals surface area (Å²) in [6, 6.07) is 4.18. The molecule has 4 N–H and O–H groups in total. The van der Waals surface area contributed by atoms with E-state index in [9.17, 15) is 0 Å². The van der Waals surface area contributed by atoms with E-state index in [0.717, 1.165) is 6.42 Å². The fraction of sp³-hybridized carbons (Fsp3) is 0.500. The second-order valence-electron chi connectivity index (χ2n) is 2.75. The molecule has 1 heterocycles. The van der Waals surface area contributed by atoms with E-state index in [0.29, 0.717) is 19.0 Å². The Labute approximate surface area is 85.1 Å². The standard InChI is InChI=1S/C8H13BrN2S/c9-8-2-1-7(12-8)3-6(4-10)5-11/h1-2,6H,3-5,10-11H2. The van der Waals surface area contributed by atoms with Gasteiger partial charge in [-0.15, -0.1) is 11.3 Å². The third-order valence-electron chi connectivity index (χ3n) is 1.79. The van der Waals surface area contributed by atoms with Crippen LogP contribution in [0.15, 0.2) is 15.9 Å². The summed E-state index contributed by atoms with van der Waals surface area (Å²) < 4.78 is 1.17. The molecule has 0 unspecified atom stereocenters. The van der Waals surface area contributed by atoms with Crippen molar-refractivity contribution in [3.05, 3.63) is 20.8 Å². The topological polar surface area (TPSA) is 52.0 Å². The number of halogens is 1. The van der Waals surface area contributed by atoms with Gasteiger partial charge in [-0.25, -0.2) is 0 Å². The maximum atomic E-state index is 5.55. The average Bonchev–Trinajstić information content (AvgIpc) is 2.47. The van der Waals surface area contributed by atoms with Gasteiger partial charge in [-0.1, -0.05) is 0 Å². The summed E-state index contributed by atoms with van der Waals surface area (Å²) >= 11 is 5.17. The zero-order valence-electron chi connectivity index (χ0n) is 6.79. The molecule has 1 rings (SSSR count). The molecule has 0 spiro atoms. The van der Waals surface area contributed by atoms with E-state index in [1.165, 1.54) is 8.66 Å². The monoisotopic (exact) mass is 248 g/mol. The molecular formula is C8H13BrN2S. The maximum absolute atomic E-state index is 5.55. The molecule has 4 heteroatoms. The second-order valence-corrected chi connectivity index (χ2v) is 5.29. The van der Waals surface area contributed by atoms with Crippen molar-refractivity contribution in [3.8, 4) is 0 Å². The highest BCUT2D eigenvalue weighted by atomic mass is 79.9. The van der Waals surface area contributed by atoms with Crippen LogP contribution in [0.3, 0.4) is 0 Å². The van der Waals surface area contributed by atoms with Crippen molar-refractivity contribution in [1.29, 1.82) is 0 Å². The van der Waals surface area contributed by atoms with Crippen molar-refractivity contribution in [2.75, 3.05) is 13.1 Å². The number of thiophene rings is 1. The first kappa shape index (κ1) is 10.2. The van der Waals surface area contributed by atoms with E-state index in [1.54, 1.807) is 11.3 Å². The highest BCUT2D eigenvalue weighted by Gasteiger charge is 2.06. The molecule has 0 aliphatic heterocycles. The average molecular weight is 249 g/mol. The lowest BCUT2D eigenvalue weighted by Crippen LogP contribution is -2.24. The van der Waals surface area contributed by atoms with Crippen molar-refractivity contribution in [3.63, 3.8) is 0 Å². The predicted molar refractivity (Wildman–Crippen MR) is 57.3 cm³/mol. The van der Waals surface area contributed by atoms with Crippen LogP contribution in [0.25, 0.3) is 0 Å². The first-order chi connectivity index (χ1) is 5.76. The van der Waals surface area contributed by atoms with Crippen LogP contribution in [0.5, 0.6) is 0 Å². The molecule has 0 atom stereocenters. The van der Waals surface area contributed by atoms with Crippen molar-refractivity contribution in [1.82, 2.24) is 0 Å². The summed E-state index contributed by atoms with van der Waals surface area (Å²) in [5.41, 5.74) is 11.1. The molecule has 0 fully saturated rings. The van der Waals surface area contributed by atoms with Crippen molar-refractivity contribution < 1.29 is 0 Å². The van der Waals surface area contributed by atoms with Gasteiger partial charge in [0.25, 0.3) is 0 Å². The highest BCUT2D eigenvalue weighted by molar-refractivity contribution is 9.11. The molecule has 0 bridgehead atoms. The fourth-order valence-electron chi connectivity index (χ4n) is 1.01. The fourth-order valence-corrected chi connectivity index (χ4v) is 2.61. The van der Waals surface area contributed by atoms with E-state index in [1.807, 2.05) is 0 Å². The van der Waals surface area contributed by atoms with Crippen LogP contribution in [0.2, 0.25) is 0 Å². The van der Waals surface area contributed by atoms with Crippen LogP contribution in [0.4, 0.5) is 0 Å². The smallest absolute Gasteiger partial charge is 0.0701 e. The Kier molecular flexibility index (Phi) is 4.21. The number of rotatable bonds is 4. The Hall–Kier alpha value is 0.1000. The molecule has 0 amide bonds. The van der Waals surface area contributed by atoms with Gasteiger partial charge in [-0.05, 0) is 53.5 Å². The Balaban J connectivity index is 2.50. The lowest BCUT2D eigenvalue weighted by molar-refractivity contribution is 0.552. The van der Waals surface area contributed by atoms with Crippen molar-refractivity contribution >= 4 is 27.3 Å². The number of hydrogen-bond donors (Lipinski definition) is 2. The minimum Gasteiger partial charge on any atom is -0.330 e. The molecule has 0 saturated heterocycles. The number of nitrogens with two attached hydrogens (primary N) is 2. The zero-order valence-corrected chi connectivity index (χ0v) is 9.20. The molecule has 0 aromatic carbocycles. The largest absolute Gasteiger partial charge is 0.330 e. The lowest BCUT2D eigenvalue weighted by Gasteiger charge is -2.09. The molecule has 68 valence electrons. The van der Waals surface area contributed by atoms with Gasteiger partial charge in [-0.3, -0.25) is 0 Å². The van der Waals surface area contributed by atoms with Gasteiger partial charge in [0.2, 0.25) is 0 Å². The maximum Gasteiger partial charge on any atom is 0.0701 e. The van der Waals surface area contributed by atoms with Crippen LogP contribution in [0, 0.1) is 5.92 Å². The van der Waals surface area contributed by atoms with Crippen LogP contribution < -0.4 is 11.5 Å². The summed E-state index contributed by atoms with van der Waals surface area (Å²) in [4.78, 5) is 1.35. The first-order valence-corrected chi connectivity index (χ1v) is 5.51. The third kappa shape index (κ3) is 2.86. The molecular weight excluding hydrogens is 236 g/mol. The SMILES string of the molecule is NCC(CN)Cc1ccc(Br)s1. The van der Waals surface area contributed by atoms with Gasteiger partial charge >= 0.3 is 0 Å². The molecule has 0 radical (unpaired) electrons. The van der Waals surface area contributed by atoms with Crippen molar-refractivity contribution in [2.45, 2.75) is 6.42 Å². The molecule has 0 aliphatic carbocycles.